The molecular formula is C18H27NO5. The van der Waals surface area contributed by atoms with Gasteiger partial charge in [0.25, 0.3) is 0 Å². The third-order valence-electron chi connectivity index (χ3n) is 2.87. The molecule has 0 aliphatic rings. The van der Waals surface area contributed by atoms with Crippen molar-refractivity contribution in [2.45, 2.75) is 52.4 Å². The molecule has 0 radical (unpaired) electrons. The summed E-state index contributed by atoms with van der Waals surface area (Å²) in [6.45, 7) is 7.62. The normalized spacial score (nSPS) is 12.3. The maximum atomic E-state index is 12.0. The molecule has 6 heteroatoms. The van der Waals surface area contributed by atoms with Crippen molar-refractivity contribution >= 4 is 12.1 Å². The average molecular weight is 337 g/mol. The highest BCUT2D eigenvalue weighted by Crippen LogP contribution is 2.09. The van der Waals surface area contributed by atoms with Gasteiger partial charge < -0.3 is 14.2 Å². The van der Waals surface area contributed by atoms with Gasteiger partial charge in [-0.25, -0.2) is 4.79 Å². The molecule has 1 aromatic carbocycles. The Morgan fingerprint density at radius 2 is 1.83 bits per heavy atom. The zero-order valence-electron chi connectivity index (χ0n) is 14.8. The summed E-state index contributed by atoms with van der Waals surface area (Å²) >= 11 is 0. The molecule has 0 bridgehead atoms. The van der Waals surface area contributed by atoms with Crippen LogP contribution in [-0.4, -0.2) is 37.1 Å². The van der Waals surface area contributed by atoms with Crippen molar-refractivity contribution in [1.29, 1.82) is 0 Å². The molecule has 0 saturated carbocycles. The van der Waals surface area contributed by atoms with Crippen molar-refractivity contribution in [2.24, 2.45) is 0 Å². The predicted octanol–water partition coefficient (Wildman–Crippen LogP) is 3.05. The summed E-state index contributed by atoms with van der Waals surface area (Å²) in [5, 5.41) is 2.69. The zero-order valence-corrected chi connectivity index (χ0v) is 14.8. The molecule has 0 aromatic heterocycles. The van der Waals surface area contributed by atoms with Crippen molar-refractivity contribution in [2.75, 3.05) is 13.2 Å². The predicted molar refractivity (Wildman–Crippen MR) is 90.5 cm³/mol. The molecule has 0 aliphatic heterocycles. The summed E-state index contributed by atoms with van der Waals surface area (Å²) in [5.74, 6) is -0.326. The van der Waals surface area contributed by atoms with E-state index >= 15 is 0 Å². The van der Waals surface area contributed by atoms with Crippen LogP contribution in [0.5, 0.6) is 0 Å². The van der Waals surface area contributed by atoms with E-state index in [2.05, 4.69) is 5.32 Å². The second kappa shape index (κ2) is 9.93. The van der Waals surface area contributed by atoms with E-state index in [1.807, 2.05) is 30.3 Å². The lowest BCUT2D eigenvalue weighted by Gasteiger charge is -2.24. The van der Waals surface area contributed by atoms with Crippen molar-refractivity contribution < 1.29 is 23.8 Å². The van der Waals surface area contributed by atoms with E-state index in [1.54, 1.807) is 27.7 Å². The third-order valence-corrected chi connectivity index (χ3v) is 2.87. The Morgan fingerprint density at radius 1 is 1.17 bits per heavy atom. The van der Waals surface area contributed by atoms with Crippen LogP contribution in [0.15, 0.2) is 30.3 Å². The molecule has 1 rings (SSSR count). The van der Waals surface area contributed by atoms with Gasteiger partial charge in [0.2, 0.25) is 0 Å². The van der Waals surface area contributed by atoms with Crippen LogP contribution in [0.2, 0.25) is 0 Å². The van der Waals surface area contributed by atoms with E-state index in [9.17, 15) is 9.59 Å². The van der Waals surface area contributed by atoms with Crippen LogP contribution < -0.4 is 5.32 Å². The van der Waals surface area contributed by atoms with Gasteiger partial charge in [-0.3, -0.25) is 10.1 Å². The lowest BCUT2D eigenvalue weighted by Crippen LogP contribution is -2.42. The number of carbonyl (C=O) groups excluding carboxylic acids is 2. The van der Waals surface area contributed by atoms with Gasteiger partial charge >= 0.3 is 12.1 Å². The van der Waals surface area contributed by atoms with Gasteiger partial charge in [-0.05, 0) is 33.3 Å². The molecule has 0 heterocycles. The molecule has 0 aliphatic carbocycles. The molecule has 1 amide bonds. The Balaban J connectivity index is 2.58. The number of esters is 1. The van der Waals surface area contributed by atoms with E-state index in [-0.39, 0.29) is 19.0 Å². The maximum Gasteiger partial charge on any atom is 0.409 e. The van der Waals surface area contributed by atoms with Crippen LogP contribution in [0, 0.1) is 0 Å². The molecular weight excluding hydrogens is 310 g/mol. The van der Waals surface area contributed by atoms with Crippen LogP contribution in [0.25, 0.3) is 0 Å². The van der Waals surface area contributed by atoms with Crippen LogP contribution >= 0.6 is 0 Å². The van der Waals surface area contributed by atoms with Crippen molar-refractivity contribution in [3.05, 3.63) is 35.9 Å². The first kappa shape index (κ1) is 20.0. The molecule has 0 fully saturated rings. The van der Waals surface area contributed by atoms with Crippen molar-refractivity contribution in [3.8, 4) is 0 Å². The number of alkyl carbamates (subject to hydrolysis) is 1. The minimum atomic E-state index is -0.591. The first-order valence-electron chi connectivity index (χ1n) is 8.11. The van der Waals surface area contributed by atoms with Crippen molar-refractivity contribution in [3.63, 3.8) is 0 Å². The summed E-state index contributed by atoms with van der Waals surface area (Å²) in [4.78, 5) is 23.3. The van der Waals surface area contributed by atoms with Crippen LogP contribution in [-0.2, 0) is 25.4 Å². The highest BCUT2D eigenvalue weighted by Gasteiger charge is 2.20. The first-order chi connectivity index (χ1) is 11.3. The number of hydrogen-bond donors (Lipinski definition) is 1. The smallest absolute Gasteiger partial charge is 0.409 e. The average Bonchev–Trinajstić information content (AvgIpc) is 2.46. The summed E-state index contributed by atoms with van der Waals surface area (Å²) in [6.07, 6.45) is -0.533. The highest BCUT2D eigenvalue weighted by molar-refractivity contribution is 5.69. The van der Waals surface area contributed by atoms with E-state index in [0.717, 1.165) is 5.56 Å². The molecule has 24 heavy (non-hydrogen) atoms. The Labute approximate surface area is 143 Å². The molecule has 0 saturated heterocycles. The molecule has 1 aromatic rings. The van der Waals surface area contributed by atoms with Crippen LogP contribution in [0.4, 0.5) is 4.79 Å². The largest absolute Gasteiger partial charge is 0.466 e. The van der Waals surface area contributed by atoms with Gasteiger partial charge in [0, 0.05) is 6.42 Å². The maximum absolute atomic E-state index is 12.0. The van der Waals surface area contributed by atoms with Gasteiger partial charge in [-0.1, -0.05) is 30.3 Å². The molecule has 0 unspecified atom stereocenters. The van der Waals surface area contributed by atoms with Gasteiger partial charge in [0.15, 0.2) is 0 Å². The van der Waals surface area contributed by atoms with Gasteiger partial charge in [-0.15, -0.1) is 0 Å². The number of benzene rings is 1. The highest BCUT2D eigenvalue weighted by atomic mass is 16.6. The number of ether oxygens (including phenoxy) is 3. The minimum absolute atomic E-state index is 0.134. The Morgan fingerprint density at radius 3 is 2.42 bits per heavy atom. The standard InChI is InChI=1S/C18H27NO5/c1-5-22-16(20)11-12-23-15(13-14-9-7-6-8-10-14)19-17(21)24-18(2,3)4/h6-10,15H,5,11-13H2,1-4H3,(H,19,21)/t15-/m0/s1. The van der Waals surface area contributed by atoms with Crippen LogP contribution in [0.3, 0.4) is 0 Å². The molecule has 0 spiro atoms. The van der Waals surface area contributed by atoms with E-state index in [1.165, 1.54) is 0 Å². The van der Waals surface area contributed by atoms with Crippen LogP contribution in [0.1, 0.15) is 39.7 Å². The van der Waals surface area contributed by atoms with Gasteiger partial charge in [0.05, 0.1) is 19.6 Å². The number of carbonyl (C=O) groups is 2. The van der Waals surface area contributed by atoms with E-state index in [4.69, 9.17) is 14.2 Å². The quantitative estimate of drug-likeness (QED) is 0.583. The topological polar surface area (TPSA) is 73.9 Å². The number of amides is 1. The number of hydrogen-bond acceptors (Lipinski definition) is 5. The summed E-state index contributed by atoms with van der Waals surface area (Å²) in [7, 11) is 0. The molecule has 6 nitrogen and oxygen atoms in total. The van der Waals surface area contributed by atoms with Crippen molar-refractivity contribution in [1.82, 2.24) is 5.32 Å². The lowest BCUT2D eigenvalue weighted by molar-refractivity contribution is -0.144. The monoisotopic (exact) mass is 337 g/mol. The Bertz CT molecular complexity index is 510. The van der Waals surface area contributed by atoms with E-state index < -0.39 is 17.9 Å². The fraction of sp³-hybridized carbons (Fsp3) is 0.556. The second-order valence-corrected chi connectivity index (χ2v) is 6.25. The fourth-order valence-electron chi connectivity index (χ4n) is 1.94. The fourth-order valence-corrected chi connectivity index (χ4v) is 1.94. The summed E-state index contributed by atoms with van der Waals surface area (Å²) in [5.41, 5.74) is 0.418. The minimum Gasteiger partial charge on any atom is -0.466 e. The molecule has 1 N–H and O–H groups in total. The summed E-state index contributed by atoms with van der Waals surface area (Å²) in [6, 6.07) is 9.63. The van der Waals surface area contributed by atoms with Gasteiger partial charge in [0.1, 0.15) is 11.8 Å². The first-order valence-corrected chi connectivity index (χ1v) is 8.11. The number of nitrogens with one attached hydrogen (secondary N) is 1. The molecule has 1 atom stereocenters. The third kappa shape index (κ3) is 9.15. The zero-order chi connectivity index (χ0) is 18.0. The molecule has 134 valence electrons. The Hall–Kier alpha value is -2.08. The van der Waals surface area contributed by atoms with E-state index in [0.29, 0.717) is 13.0 Å². The Kier molecular flexibility index (Phi) is 8.26. The number of rotatable bonds is 8. The van der Waals surface area contributed by atoms with Gasteiger partial charge in [-0.2, -0.15) is 0 Å². The second-order valence-electron chi connectivity index (χ2n) is 6.25. The lowest BCUT2D eigenvalue weighted by atomic mass is 10.1. The SMILES string of the molecule is CCOC(=O)CCO[C@@H](Cc1ccccc1)NC(=O)OC(C)(C)C. The summed E-state index contributed by atoms with van der Waals surface area (Å²) < 4.78 is 15.7.